The second-order valence-electron chi connectivity index (χ2n) is 4.57. The Morgan fingerprint density at radius 3 is 2.43 bits per heavy atom. The van der Waals surface area contributed by atoms with Gasteiger partial charge in [0.25, 0.3) is 0 Å². The predicted molar refractivity (Wildman–Crippen MR) is 50.7 cm³/mol. The lowest BCUT2D eigenvalue weighted by Gasteiger charge is -2.24. The van der Waals surface area contributed by atoms with E-state index in [-0.39, 0.29) is 13.1 Å². The minimum atomic E-state index is -1.14. The first-order valence-electron chi connectivity index (χ1n) is 4.67. The predicted octanol–water partition coefficient (Wildman–Crippen LogP) is 0.903. The van der Waals surface area contributed by atoms with Crippen LogP contribution in [0.25, 0.3) is 0 Å². The lowest BCUT2D eigenvalue weighted by Crippen LogP contribution is -2.36. The maximum atomic E-state index is 13.0. The van der Waals surface area contributed by atoms with Crippen LogP contribution in [0.1, 0.15) is 20.8 Å². The molecule has 0 radical (unpaired) electrons. The standard InChI is InChI=1S/C9H17FN2O2/c1-9(2,3)14-8(13)12-4-6(10)7(11)5-12/h6-7H,4-5,11H2,1-3H3. The fourth-order valence-corrected chi connectivity index (χ4v) is 1.26. The first-order valence-corrected chi connectivity index (χ1v) is 4.67. The molecule has 4 nitrogen and oxygen atoms in total. The van der Waals surface area contributed by atoms with Crippen LogP contribution in [0.5, 0.6) is 0 Å². The van der Waals surface area contributed by atoms with E-state index in [1.54, 1.807) is 20.8 Å². The monoisotopic (exact) mass is 204 g/mol. The van der Waals surface area contributed by atoms with E-state index >= 15 is 0 Å². The molecule has 0 bridgehead atoms. The van der Waals surface area contributed by atoms with Gasteiger partial charge in [-0.1, -0.05) is 0 Å². The summed E-state index contributed by atoms with van der Waals surface area (Å²) in [5.74, 6) is 0. The first-order chi connectivity index (χ1) is 6.29. The maximum Gasteiger partial charge on any atom is 0.410 e. The minimum Gasteiger partial charge on any atom is -0.444 e. The molecule has 1 amide bonds. The van der Waals surface area contributed by atoms with E-state index < -0.39 is 23.9 Å². The molecule has 0 aromatic rings. The number of halogens is 1. The molecule has 14 heavy (non-hydrogen) atoms. The summed E-state index contributed by atoms with van der Waals surface area (Å²) in [7, 11) is 0. The molecule has 0 saturated carbocycles. The van der Waals surface area contributed by atoms with Crippen molar-refractivity contribution in [3.8, 4) is 0 Å². The van der Waals surface area contributed by atoms with Gasteiger partial charge in [0.05, 0.1) is 12.6 Å². The van der Waals surface area contributed by atoms with Gasteiger partial charge >= 0.3 is 6.09 Å². The summed E-state index contributed by atoms with van der Waals surface area (Å²) in [6, 6.07) is -0.581. The van der Waals surface area contributed by atoms with Crippen LogP contribution in [0.4, 0.5) is 9.18 Å². The molecular formula is C9H17FN2O2. The lowest BCUT2D eigenvalue weighted by molar-refractivity contribution is 0.0283. The number of hydrogen-bond acceptors (Lipinski definition) is 3. The number of alkyl halides is 1. The van der Waals surface area contributed by atoms with Gasteiger partial charge < -0.3 is 15.4 Å². The van der Waals surface area contributed by atoms with E-state index in [9.17, 15) is 9.18 Å². The van der Waals surface area contributed by atoms with Gasteiger partial charge in [-0.25, -0.2) is 9.18 Å². The Labute approximate surface area is 83.2 Å². The largest absolute Gasteiger partial charge is 0.444 e. The van der Waals surface area contributed by atoms with Gasteiger partial charge in [0, 0.05) is 6.54 Å². The van der Waals surface area contributed by atoms with Gasteiger partial charge in [0.15, 0.2) is 0 Å². The van der Waals surface area contributed by atoms with Gasteiger partial charge in [-0.3, -0.25) is 0 Å². The Bertz CT molecular complexity index is 217. The van der Waals surface area contributed by atoms with E-state index in [0.717, 1.165) is 0 Å². The number of nitrogens with zero attached hydrogens (tertiary/aromatic N) is 1. The zero-order valence-electron chi connectivity index (χ0n) is 8.79. The van der Waals surface area contributed by atoms with Gasteiger partial charge in [-0.2, -0.15) is 0 Å². The van der Waals surface area contributed by atoms with E-state index in [1.807, 2.05) is 0 Å². The SMILES string of the molecule is CC(C)(C)OC(=O)N1CC(N)C(F)C1. The van der Waals surface area contributed by atoms with Crippen molar-refractivity contribution in [3.63, 3.8) is 0 Å². The average Bonchev–Trinajstić information content (AvgIpc) is 2.28. The van der Waals surface area contributed by atoms with Crippen LogP contribution in [0, 0.1) is 0 Å². The third-order valence-electron chi connectivity index (χ3n) is 1.94. The Morgan fingerprint density at radius 1 is 1.50 bits per heavy atom. The number of nitrogens with two attached hydrogens (primary N) is 1. The van der Waals surface area contributed by atoms with Crippen LogP contribution in [-0.4, -0.2) is 41.9 Å². The van der Waals surface area contributed by atoms with Gasteiger partial charge in [0.2, 0.25) is 0 Å². The van der Waals surface area contributed by atoms with Gasteiger partial charge in [-0.15, -0.1) is 0 Å². The van der Waals surface area contributed by atoms with Crippen LogP contribution in [0.15, 0.2) is 0 Å². The zero-order valence-corrected chi connectivity index (χ0v) is 8.79. The fourth-order valence-electron chi connectivity index (χ4n) is 1.26. The van der Waals surface area contributed by atoms with Crippen LogP contribution in [0.2, 0.25) is 0 Å². The van der Waals surface area contributed by atoms with E-state index in [1.165, 1.54) is 4.90 Å². The fraction of sp³-hybridized carbons (Fsp3) is 0.889. The zero-order chi connectivity index (χ0) is 10.9. The third kappa shape index (κ3) is 2.83. The molecular weight excluding hydrogens is 187 g/mol. The van der Waals surface area contributed by atoms with Crippen molar-refractivity contribution >= 4 is 6.09 Å². The summed E-state index contributed by atoms with van der Waals surface area (Å²) in [5, 5.41) is 0. The third-order valence-corrected chi connectivity index (χ3v) is 1.94. The van der Waals surface area contributed by atoms with Gasteiger partial charge in [0.1, 0.15) is 11.8 Å². The molecule has 1 saturated heterocycles. The second-order valence-corrected chi connectivity index (χ2v) is 4.57. The van der Waals surface area contributed by atoms with Crippen molar-refractivity contribution in [1.82, 2.24) is 4.90 Å². The van der Waals surface area contributed by atoms with Crippen LogP contribution >= 0.6 is 0 Å². The molecule has 2 atom stereocenters. The summed E-state index contributed by atoms with van der Waals surface area (Å²) in [5.41, 5.74) is 4.90. The Hall–Kier alpha value is -0.840. The summed E-state index contributed by atoms with van der Waals surface area (Å²) < 4.78 is 18.1. The summed E-state index contributed by atoms with van der Waals surface area (Å²) in [6.45, 7) is 5.58. The molecule has 0 aromatic heterocycles. The first kappa shape index (κ1) is 11.2. The number of ether oxygens (including phenoxy) is 1. The molecule has 2 N–H and O–H groups in total. The molecule has 0 spiro atoms. The van der Waals surface area contributed by atoms with Crippen molar-refractivity contribution in [1.29, 1.82) is 0 Å². The summed E-state index contributed by atoms with van der Waals surface area (Å²) >= 11 is 0. The number of hydrogen-bond donors (Lipinski definition) is 1. The Morgan fingerprint density at radius 2 is 2.07 bits per heavy atom. The highest BCUT2D eigenvalue weighted by Crippen LogP contribution is 2.16. The van der Waals surface area contributed by atoms with E-state index in [2.05, 4.69) is 0 Å². The van der Waals surface area contributed by atoms with Crippen molar-refractivity contribution in [2.45, 2.75) is 38.6 Å². The highest BCUT2D eigenvalue weighted by Gasteiger charge is 2.35. The molecule has 82 valence electrons. The molecule has 2 unspecified atom stereocenters. The minimum absolute atomic E-state index is 0.0378. The molecule has 0 aromatic carbocycles. The van der Waals surface area contributed by atoms with E-state index in [0.29, 0.717) is 0 Å². The molecule has 1 heterocycles. The number of rotatable bonds is 0. The Kier molecular flexibility index (Phi) is 2.99. The summed E-state index contributed by atoms with van der Waals surface area (Å²) in [4.78, 5) is 12.7. The normalized spacial score (nSPS) is 27.9. The molecule has 1 aliphatic rings. The van der Waals surface area contributed by atoms with Crippen molar-refractivity contribution in [2.24, 2.45) is 5.73 Å². The quantitative estimate of drug-likeness (QED) is 0.638. The van der Waals surface area contributed by atoms with Gasteiger partial charge in [-0.05, 0) is 20.8 Å². The topological polar surface area (TPSA) is 55.6 Å². The van der Waals surface area contributed by atoms with Crippen molar-refractivity contribution in [3.05, 3.63) is 0 Å². The van der Waals surface area contributed by atoms with Crippen molar-refractivity contribution in [2.75, 3.05) is 13.1 Å². The lowest BCUT2D eigenvalue weighted by atomic mass is 10.2. The number of amides is 1. The number of likely N-dealkylation sites (tertiary alicyclic amines) is 1. The molecule has 1 fully saturated rings. The summed E-state index contributed by atoms with van der Waals surface area (Å²) in [6.07, 6.45) is -1.63. The molecule has 1 rings (SSSR count). The van der Waals surface area contributed by atoms with E-state index in [4.69, 9.17) is 10.5 Å². The van der Waals surface area contributed by atoms with Crippen molar-refractivity contribution < 1.29 is 13.9 Å². The van der Waals surface area contributed by atoms with Crippen LogP contribution < -0.4 is 5.73 Å². The number of carbonyl (C=O) groups excluding carboxylic acids is 1. The second kappa shape index (κ2) is 3.73. The van der Waals surface area contributed by atoms with Crippen LogP contribution in [0.3, 0.4) is 0 Å². The Balaban J connectivity index is 2.48. The maximum absolute atomic E-state index is 13.0. The highest BCUT2D eigenvalue weighted by molar-refractivity contribution is 5.68. The highest BCUT2D eigenvalue weighted by atomic mass is 19.1. The molecule has 5 heteroatoms. The average molecular weight is 204 g/mol. The number of carbonyl (C=O) groups is 1. The molecule has 1 aliphatic heterocycles. The smallest absolute Gasteiger partial charge is 0.410 e. The molecule has 0 aliphatic carbocycles. The van der Waals surface area contributed by atoms with Crippen LogP contribution in [-0.2, 0) is 4.74 Å².